The second kappa shape index (κ2) is 15.6. The summed E-state index contributed by atoms with van der Waals surface area (Å²) in [4.78, 5) is 5.01. The number of aryl methyl sites for hydroxylation is 1. The van der Waals surface area contributed by atoms with E-state index in [0.29, 0.717) is 13.2 Å². The Hall–Kier alpha value is -7.90. The maximum Gasteiger partial charge on any atom is 0.252 e. The van der Waals surface area contributed by atoms with Gasteiger partial charge in [0.05, 0.1) is 5.69 Å². The average molecular weight is 913 g/mol. The highest BCUT2D eigenvalue weighted by Gasteiger charge is 2.45. The predicted molar refractivity (Wildman–Crippen MR) is 289 cm³/mol. The number of anilines is 6. The third-order valence-electron chi connectivity index (χ3n) is 14.5. The standard InChI is InChI=1S/C63H53BN2O4/c1-38-27-53-61-54(28-38)66(52-37-60-59(67-25-26-68-60)36-47(52)39-15-9-8-10-16-39)51-24-22-45(63(5,6)7)35-49(51)64(61)48-34-44(62(2,3)4)21-23-50(48)65(53)46-30-42(57-32-40-17-11-13-19-55(40)69-57)29-43(31-46)58-33-41-18-12-14-20-56(41)70-58/h8-24,27-37H,25-26H2,1-7H3. The van der Waals surface area contributed by atoms with Gasteiger partial charge in [0.15, 0.2) is 11.5 Å². The minimum Gasteiger partial charge on any atom is -0.486 e. The number of hydrogen-bond acceptors (Lipinski definition) is 6. The summed E-state index contributed by atoms with van der Waals surface area (Å²) in [6, 6.07) is 61.8. The van der Waals surface area contributed by atoms with Gasteiger partial charge in [-0.05, 0) is 129 Å². The van der Waals surface area contributed by atoms with Crippen LogP contribution in [0.4, 0.5) is 34.1 Å². The summed E-state index contributed by atoms with van der Waals surface area (Å²) in [6.07, 6.45) is 0. The lowest BCUT2D eigenvalue weighted by atomic mass is 9.33. The van der Waals surface area contributed by atoms with E-state index >= 15 is 0 Å². The Balaban J connectivity index is 1.13. The molecule has 3 aliphatic rings. The molecule has 7 heteroatoms. The monoisotopic (exact) mass is 912 g/mol. The first kappa shape index (κ1) is 42.2. The van der Waals surface area contributed by atoms with Crippen molar-refractivity contribution >= 4 is 79.2 Å². The van der Waals surface area contributed by atoms with Crippen LogP contribution in [-0.2, 0) is 10.8 Å². The van der Waals surface area contributed by atoms with Crippen LogP contribution in [0.25, 0.3) is 55.7 Å². The minimum atomic E-state index is -0.0987. The van der Waals surface area contributed by atoms with Gasteiger partial charge in [0, 0.05) is 62.0 Å². The van der Waals surface area contributed by atoms with Crippen molar-refractivity contribution in [2.45, 2.75) is 59.3 Å². The molecule has 70 heavy (non-hydrogen) atoms. The fourth-order valence-corrected chi connectivity index (χ4v) is 11.0. The molecule has 0 saturated heterocycles. The molecule has 0 N–H and O–H groups in total. The van der Waals surface area contributed by atoms with Crippen LogP contribution >= 0.6 is 0 Å². The van der Waals surface area contributed by atoms with Crippen molar-refractivity contribution in [1.29, 1.82) is 0 Å². The molecule has 0 unspecified atom stereocenters. The van der Waals surface area contributed by atoms with E-state index in [9.17, 15) is 0 Å². The number of furan rings is 2. The van der Waals surface area contributed by atoms with Crippen LogP contribution in [0, 0.1) is 6.92 Å². The van der Waals surface area contributed by atoms with Crippen molar-refractivity contribution in [3.63, 3.8) is 0 Å². The molecule has 0 bridgehead atoms. The molecule has 0 atom stereocenters. The molecule has 0 radical (unpaired) electrons. The van der Waals surface area contributed by atoms with Gasteiger partial charge in [0.2, 0.25) is 0 Å². The third-order valence-corrected chi connectivity index (χ3v) is 14.5. The number of fused-ring (bicyclic) bond motifs is 7. The molecule has 6 nitrogen and oxygen atoms in total. The summed E-state index contributed by atoms with van der Waals surface area (Å²) in [5.41, 5.74) is 19.7. The van der Waals surface area contributed by atoms with E-state index in [-0.39, 0.29) is 17.5 Å². The van der Waals surface area contributed by atoms with Gasteiger partial charge in [0.25, 0.3) is 6.71 Å². The molecule has 8 aromatic carbocycles. The molecular formula is C63H53BN2O4. The quantitative estimate of drug-likeness (QED) is 0.160. The first-order valence-corrected chi connectivity index (χ1v) is 24.5. The Morgan fingerprint density at radius 2 is 0.957 bits per heavy atom. The summed E-state index contributed by atoms with van der Waals surface area (Å²) in [5.74, 6) is 3.11. The van der Waals surface area contributed by atoms with Gasteiger partial charge in [-0.15, -0.1) is 0 Å². The maximum absolute atomic E-state index is 6.67. The molecule has 5 heterocycles. The Morgan fingerprint density at radius 3 is 1.51 bits per heavy atom. The summed E-state index contributed by atoms with van der Waals surface area (Å²) in [5, 5.41) is 2.12. The van der Waals surface area contributed by atoms with Gasteiger partial charge >= 0.3 is 0 Å². The van der Waals surface area contributed by atoms with Crippen LogP contribution < -0.4 is 35.7 Å². The zero-order chi connectivity index (χ0) is 47.6. The van der Waals surface area contributed by atoms with E-state index in [1.165, 1.54) is 27.5 Å². The number of rotatable bonds is 5. The third kappa shape index (κ3) is 6.85. The summed E-state index contributed by atoms with van der Waals surface area (Å²) in [7, 11) is 0. The first-order valence-electron chi connectivity index (χ1n) is 24.5. The van der Waals surface area contributed by atoms with E-state index in [2.05, 4.69) is 204 Å². The van der Waals surface area contributed by atoms with Gasteiger partial charge in [-0.1, -0.05) is 133 Å². The van der Waals surface area contributed by atoms with Crippen LogP contribution in [0.15, 0.2) is 179 Å². The smallest absolute Gasteiger partial charge is 0.252 e. The van der Waals surface area contributed by atoms with Crippen molar-refractivity contribution in [3.05, 3.63) is 187 Å². The Labute approximate surface area is 409 Å². The molecule has 0 fully saturated rings. The number of ether oxygens (including phenoxy) is 2. The Kier molecular flexibility index (Phi) is 9.39. The lowest BCUT2D eigenvalue weighted by Gasteiger charge is -2.45. The van der Waals surface area contributed by atoms with Crippen molar-refractivity contribution < 1.29 is 18.3 Å². The fourth-order valence-electron chi connectivity index (χ4n) is 11.0. The number of para-hydroxylation sites is 2. The molecule has 2 aromatic heterocycles. The second-order valence-electron chi connectivity index (χ2n) is 21.3. The van der Waals surface area contributed by atoms with Gasteiger partial charge < -0.3 is 28.1 Å². The van der Waals surface area contributed by atoms with Crippen molar-refractivity contribution in [2.75, 3.05) is 23.0 Å². The van der Waals surface area contributed by atoms with Gasteiger partial charge in [-0.2, -0.15) is 0 Å². The first-order chi connectivity index (χ1) is 33.8. The molecule has 13 rings (SSSR count). The fraction of sp³-hybridized carbons (Fsp3) is 0.175. The number of benzene rings is 8. The highest BCUT2D eigenvalue weighted by atomic mass is 16.6. The van der Waals surface area contributed by atoms with Crippen LogP contribution in [0.5, 0.6) is 11.5 Å². The van der Waals surface area contributed by atoms with E-state index in [0.717, 1.165) is 107 Å². The minimum absolute atomic E-state index is 0.0847. The number of nitrogens with zero attached hydrogens (tertiary/aromatic N) is 2. The van der Waals surface area contributed by atoms with E-state index in [4.69, 9.17) is 18.3 Å². The highest BCUT2D eigenvalue weighted by Crippen LogP contribution is 2.51. The van der Waals surface area contributed by atoms with Gasteiger partial charge in [-0.25, -0.2) is 0 Å². The van der Waals surface area contributed by atoms with Gasteiger partial charge in [-0.3, -0.25) is 0 Å². The summed E-state index contributed by atoms with van der Waals surface area (Å²) < 4.78 is 26.1. The molecule has 10 aromatic rings. The van der Waals surface area contributed by atoms with Crippen molar-refractivity contribution in [3.8, 4) is 45.3 Å². The second-order valence-corrected chi connectivity index (χ2v) is 21.3. The maximum atomic E-state index is 6.67. The lowest BCUT2D eigenvalue weighted by Crippen LogP contribution is -2.61. The Bertz CT molecular complexity index is 3580. The molecule has 0 aliphatic carbocycles. The van der Waals surface area contributed by atoms with E-state index < -0.39 is 0 Å². The molecule has 3 aliphatic heterocycles. The molecular weight excluding hydrogens is 860 g/mol. The molecule has 0 spiro atoms. The molecule has 342 valence electrons. The summed E-state index contributed by atoms with van der Waals surface area (Å²) >= 11 is 0. The van der Waals surface area contributed by atoms with Crippen molar-refractivity contribution in [2.24, 2.45) is 0 Å². The zero-order valence-electron chi connectivity index (χ0n) is 40.7. The SMILES string of the molecule is Cc1cc2c3c(c1)N(c1cc4c(cc1-c1ccccc1)OCCO4)c1ccc(C(C)(C)C)cc1B3c1cc(C(C)(C)C)ccc1N2c1cc(-c2cc3ccccc3o2)cc(-c2cc3ccccc3o2)c1. The Morgan fingerprint density at radius 1 is 0.443 bits per heavy atom. The largest absolute Gasteiger partial charge is 0.486 e. The van der Waals surface area contributed by atoms with Crippen LogP contribution in [0.2, 0.25) is 0 Å². The zero-order valence-corrected chi connectivity index (χ0v) is 40.7. The normalized spacial score (nSPS) is 14.0. The van der Waals surface area contributed by atoms with Crippen LogP contribution in [-0.4, -0.2) is 19.9 Å². The predicted octanol–water partition coefficient (Wildman–Crippen LogP) is 14.9. The molecule has 0 amide bonds. The average Bonchev–Trinajstić information content (AvgIpc) is 4.01. The van der Waals surface area contributed by atoms with Crippen LogP contribution in [0.1, 0.15) is 58.2 Å². The van der Waals surface area contributed by atoms with E-state index in [1.54, 1.807) is 0 Å². The van der Waals surface area contributed by atoms with Crippen LogP contribution in [0.3, 0.4) is 0 Å². The van der Waals surface area contributed by atoms with Crippen molar-refractivity contribution in [1.82, 2.24) is 0 Å². The van der Waals surface area contributed by atoms with Gasteiger partial charge in [0.1, 0.15) is 35.9 Å². The molecule has 0 saturated carbocycles. The highest BCUT2D eigenvalue weighted by molar-refractivity contribution is 7.00. The van der Waals surface area contributed by atoms with E-state index in [1.807, 2.05) is 24.3 Å². The lowest BCUT2D eigenvalue weighted by molar-refractivity contribution is 0.172. The topological polar surface area (TPSA) is 51.2 Å². The summed E-state index contributed by atoms with van der Waals surface area (Å²) in [6.45, 7) is 17.0. The number of hydrogen-bond donors (Lipinski definition) is 0.